The van der Waals surface area contributed by atoms with Gasteiger partial charge in [-0.15, -0.1) is 0 Å². The standard InChI is InChI=1S/C19H25N3/c1-4-22(5-2)13-14-7-6-8-16(14)18-12-21-19-10-9-15(20-3)11-17(18)19/h9-12,14,16,21H,4-8,13H2,1-2H3. The van der Waals surface area contributed by atoms with Gasteiger partial charge in [-0.05, 0) is 60.8 Å². The minimum Gasteiger partial charge on any atom is -0.361 e. The Labute approximate surface area is 133 Å². The molecule has 0 amide bonds. The lowest BCUT2D eigenvalue weighted by Crippen LogP contribution is -2.30. The van der Waals surface area contributed by atoms with E-state index in [0.29, 0.717) is 5.92 Å². The van der Waals surface area contributed by atoms with Crippen LogP contribution in [0.2, 0.25) is 0 Å². The average molecular weight is 295 g/mol. The summed E-state index contributed by atoms with van der Waals surface area (Å²) >= 11 is 0. The molecule has 0 spiro atoms. The maximum atomic E-state index is 7.24. The van der Waals surface area contributed by atoms with Crippen molar-refractivity contribution in [2.24, 2.45) is 5.92 Å². The van der Waals surface area contributed by atoms with Crippen molar-refractivity contribution in [3.8, 4) is 0 Å². The first-order valence-electron chi connectivity index (χ1n) is 8.47. The van der Waals surface area contributed by atoms with Crippen LogP contribution in [0.5, 0.6) is 0 Å². The lowest BCUT2D eigenvalue weighted by atomic mass is 9.88. The van der Waals surface area contributed by atoms with Crippen LogP contribution in [0.25, 0.3) is 15.7 Å². The number of fused-ring (bicyclic) bond motifs is 1. The third kappa shape index (κ3) is 2.76. The average Bonchev–Trinajstić information content (AvgIpc) is 3.17. The first-order chi connectivity index (χ1) is 10.8. The Morgan fingerprint density at radius 1 is 1.27 bits per heavy atom. The molecule has 1 aliphatic carbocycles. The molecule has 22 heavy (non-hydrogen) atoms. The molecule has 1 N–H and O–H groups in total. The van der Waals surface area contributed by atoms with Crippen LogP contribution in [0, 0.1) is 12.5 Å². The van der Waals surface area contributed by atoms with Gasteiger partial charge >= 0.3 is 0 Å². The van der Waals surface area contributed by atoms with Gasteiger partial charge in [0.1, 0.15) is 0 Å². The Morgan fingerprint density at radius 3 is 2.82 bits per heavy atom. The van der Waals surface area contributed by atoms with Crippen molar-refractivity contribution in [3.05, 3.63) is 41.4 Å². The van der Waals surface area contributed by atoms with Crippen LogP contribution < -0.4 is 0 Å². The largest absolute Gasteiger partial charge is 0.361 e. The van der Waals surface area contributed by atoms with Gasteiger partial charge < -0.3 is 9.88 Å². The summed E-state index contributed by atoms with van der Waals surface area (Å²) in [5, 5.41) is 1.25. The maximum absolute atomic E-state index is 7.24. The summed E-state index contributed by atoms with van der Waals surface area (Å²) < 4.78 is 0. The molecular weight excluding hydrogens is 270 g/mol. The molecule has 0 saturated heterocycles. The third-order valence-corrected chi connectivity index (χ3v) is 5.27. The van der Waals surface area contributed by atoms with Crippen LogP contribution in [0.15, 0.2) is 24.4 Å². The van der Waals surface area contributed by atoms with Gasteiger partial charge in [0.05, 0.1) is 6.57 Å². The van der Waals surface area contributed by atoms with Crippen molar-refractivity contribution < 1.29 is 0 Å². The number of aromatic amines is 1. The molecule has 2 atom stereocenters. The van der Waals surface area contributed by atoms with Crippen LogP contribution in [0.4, 0.5) is 5.69 Å². The van der Waals surface area contributed by atoms with Crippen LogP contribution in [-0.4, -0.2) is 29.5 Å². The number of benzene rings is 1. The van der Waals surface area contributed by atoms with Crippen LogP contribution in [0.3, 0.4) is 0 Å². The topological polar surface area (TPSA) is 23.4 Å². The van der Waals surface area contributed by atoms with E-state index in [2.05, 4.69) is 40.8 Å². The van der Waals surface area contributed by atoms with Crippen LogP contribution in [-0.2, 0) is 0 Å². The molecular formula is C19H25N3. The smallest absolute Gasteiger partial charge is 0.187 e. The van der Waals surface area contributed by atoms with Gasteiger partial charge in [-0.1, -0.05) is 26.3 Å². The molecule has 2 aromatic rings. The summed E-state index contributed by atoms with van der Waals surface area (Å²) in [5.41, 5.74) is 3.33. The minimum absolute atomic E-state index is 0.635. The summed E-state index contributed by atoms with van der Waals surface area (Å²) in [6, 6.07) is 6.00. The fourth-order valence-corrected chi connectivity index (χ4v) is 3.98. The maximum Gasteiger partial charge on any atom is 0.187 e. The van der Waals surface area contributed by atoms with Gasteiger partial charge in [-0.2, -0.15) is 0 Å². The molecule has 3 rings (SSSR count). The number of H-pyrrole nitrogens is 1. The zero-order valence-corrected chi connectivity index (χ0v) is 13.6. The second-order valence-electron chi connectivity index (χ2n) is 6.37. The van der Waals surface area contributed by atoms with E-state index in [4.69, 9.17) is 6.57 Å². The van der Waals surface area contributed by atoms with Gasteiger partial charge in [0, 0.05) is 18.3 Å². The van der Waals surface area contributed by atoms with Crippen LogP contribution in [0.1, 0.15) is 44.6 Å². The Balaban J connectivity index is 1.90. The molecule has 1 fully saturated rings. The summed E-state index contributed by atoms with van der Waals surface area (Å²) in [5.74, 6) is 1.38. The van der Waals surface area contributed by atoms with Gasteiger partial charge in [-0.3, -0.25) is 0 Å². The van der Waals surface area contributed by atoms with Crippen molar-refractivity contribution in [1.29, 1.82) is 0 Å². The van der Waals surface area contributed by atoms with Crippen molar-refractivity contribution in [2.75, 3.05) is 19.6 Å². The van der Waals surface area contributed by atoms with Crippen molar-refractivity contribution in [3.63, 3.8) is 0 Å². The van der Waals surface area contributed by atoms with Gasteiger partial charge in [0.15, 0.2) is 5.69 Å². The van der Waals surface area contributed by atoms with Crippen molar-refractivity contribution in [2.45, 2.75) is 39.0 Å². The first kappa shape index (κ1) is 15.1. The monoisotopic (exact) mass is 295 g/mol. The predicted molar refractivity (Wildman–Crippen MR) is 92.4 cm³/mol. The molecule has 0 bridgehead atoms. The number of aromatic nitrogens is 1. The van der Waals surface area contributed by atoms with E-state index < -0.39 is 0 Å². The zero-order valence-electron chi connectivity index (χ0n) is 13.6. The Bertz CT molecular complexity index is 676. The van der Waals surface area contributed by atoms with E-state index in [1.54, 1.807) is 0 Å². The molecule has 116 valence electrons. The highest BCUT2D eigenvalue weighted by atomic mass is 15.1. The van der Waals surface area contributed by atoms with Gasteiger partial charge in [0.2, 0.25) is 0 Å². The summed E-state index contributed by atoms with van der Waals surface area (Å²) in [4.78, 5) is 9.54. The molecule has 1 aromatic heterocycles. The third-order valence-electron chi connectivity index (χ3n) is 5.27. The fourth-order valence-electron chi connectivity index (χ4n) is 3.98. The Morgan fingerprint density at radius 2 is 2.09 bits per heavy atom. The normalized spacial score (nSPS) is 21.5. The fraction of sp³-hybridized carbons (Fsp3) is 0.526. The highest BCUT2D eigenvalue weighted by molar-refractivity contribution is 5.87. The Hall–Kier alpha value is -1.79. The van der Waals surface area contributed by atoms with E-state index in [0.717, 1.165) is 30.2 Å². The van der Waals surface area contributed by atoms with E-state index in [1.165, 1.54) is 36.8 Å². The Kier molecular flexibility index (Phi) is 4.49. The summed E-state index contributed by atoms with van der Waals surface area (Å²) in [6.45, 7) is 15.2. The lowest BCUT2D eigenvalue weighted by molar-refractivity contribution is 0.243. The quantitative estimate of drug-likeness (QED) is 0.776. The minimum atomic E-state index is 0.635. The molecule has 1 aromatic carbocycles. The first-order valence-corrected chi connectivity index (χ1v) is 8.47. The van der Waals surface area contributed by atoms with E-state index in [9.17, 15) is 0 Å². The van der Waals surface area contributed by atoms with Crippen LogP contribution >= 0.6 is 0 Å². The van der Waals surface area contributed by atoms with E-state index in [1.807, 2.05) is 12.1 Å². The van der Waals surface area contributed by atoms with Gasteiger partial charge in [-0.25, -0.2) is 4.85 Å². The molecule has 1 aliphatic rings. The van der Waals surface area contributed by atoms with Gasteiger partial charge in [0.25, 0.3) is 0 Å². The molecule has 1 heterocycles. The number of rotatable bonds is 5. The van der Waals surface area contributed by atoms with E-state index >= 15 is 0 Å². The molecule has 0 aliphatic heterocycles. The second-order valence-corrected chi connectivity index (χ2v) is 6.37. The second kappa shape index (κ2) is 6.54. The van der Waals surface area contributed by atoms with Crippen molar-refractivity contribution in [1.82, 2.24) is 9.88 Å². The lowest BCUT2D eigenvalue weighted by Gasteiger charge is -2.26. The number of nitrogens with one attached hydrogen (secondary N) is 1. The number of hydrogen-bond acceptors (Lipinski definition) is 1. The molecule has 1 saturated carbocycles. The zero-order chi connectivity index (χ0) is 15.5. The highest BCUT2D eigenvalue weighted by Gasteiger charge is 2.31. The number of hydrogen-bond donors (Lipinski definition) is 1. The predicted octanol–water partition coefficient (Wildman–Crippen LogP) is 4.94. The molecule has 3 heteroatoms. The summed E-state index contributed by atoms with van der Waals surface area (Å²) in [7, 11) is 0. The highest BCUT2D eigenvalue weighted by Crippen LogP contribution is 2.43. The number of nitrogens with zero attached hydrogens (tertiary/aromatic N) is 2. The SMILES string of the molecule is [C-]#[N+]c1ccc2[nH]cc(C3CCCC3CN(CC)CC)c2c1. The molecule has 3 nitrogen and oxygen atoms in total. The van der Waals surface area contributed by atoms with E-state index in [-0.39, 0.29) is 0 Å². The molecule has 0 radical (unpaired) electrons. The van der Waals surface area contributed by atoms with Crippen molar-refractivity contribution >= 4 is 16.6 Å². The summed E-state index contributed by atoms with van der Waals surface area (Å²) in [6.07, 6.45) is 6.12. The molecule has 2 unspecified atom stereocenters.